The zero-order valence-electron chi connectivity index (χ0n) is 7.03. The summed E-state index contributed by atoms with van der Waals surface area (Å²) >= 11 is 4.99. The lowest BCUT2D eigenvalue weighted by molar-refractivity contribution is 1.07. The molecule has 13 heavy (non-hydrogen) atoms. The lowest BCUT2D eigenvalue weighted by atomic mass is 10.4. The second-order valence-corrected chi connectivity index (χ2v) is 3.11. The second kappa shape index (κ2) is 3.10. The number of hydrogen-bond donors (Lipinski definition) is 2. The van der Waals surface area contributed by atoms with Gasteiger partial charge in [-0.25, -0.2) is 9.97 Å². The number of aryl methyl sites for hydroxylation is 1. The molecule has 0 bridgehead atoms. The van der Waals surface area contributed by atoms with Crippen LogP contribution in [-0.2, 0) is 0 Å². The lowest BCUT2D eigenvalue weighted by Crippen LogP contribution is -1.93. The molecule has 0 aliphatic carbocycles. The largest absolute Gasteiger partial charge is 0.342 e. The Morgan fingerprint density at radius 3 is 2.85 bits per heavy atom. The van der Waals surface area contributed by atoms with Crippen molar-refractivity contribution in [1.29, 1.82) is 0 Å². The van der Waals surface area contributed by atoms with Crippen molar-refractivity contribution in [2.24, 2.45) is 0 Å². The maximum Gasteiger partial charge on any atom is 0.175 e. The molecule has 0 saturated carbocycles. The lowest BCUT2D eigenvalue weighted by Gasteiger charge is -1.98. The summed E-state index contributed by atoms with van der Waals surface area (Å²) in [6.07, 6.45) is 3.42. The van der Waals surface area contributed by atoms with Gasteiger partial charge in [0.2, 0.25) is 0 Å². The third kappa shape index (κ3) is 1.65. The minimum absolute atomic E-state index is 0.572. The van der Waals surface area contributed by atoms with E-state index < -0.39 is 0 Å². The van der Waals surface area contributed by atoms with E-state index in [2.05, 4.69) is 19.9 Å². The van der Waals surface area contributed by atoms with E-state index >= 15 is 0 Å². The fourth-order valence-electron chi connectivity index (χ4n) is 1.09. The maximum absolute atomic E-state index is 4.99. The van der Waals surface area contributed by atoms with Crippen molar-refractivity contribution >= 4 is 12.2 Å². The third-order valence-electron chi connectivity index (χ3n) is 1.60. The number of rotatable bonds is 1. The zero-order valence-corrected chi connectivity index (χ0v) is 7.85. The van der Waals surface area contributed by atoms with Gasteiger partial charge < -0.3 is 9.97 Å². The van der Waals surface area contributed by atoms with E-state index in [0.29, 0.717) is 16.3 Å². The smallest absolute Gasteiger partial charge is 0.175 e. The highest BCUT2D eigenvalue weighted by molar-refractivity contribution is 7.71. The summed E-state index contributed by atoms with van der Waals surface area (Å²) in [5.41, 5.74) is 0.978. The number of nitrogens with one attached hydrogen (secondary N) is 2. The molecule has 0 radical (unpaired) electrons. The van der Waals surface area contributed by atoms with Crippen LogP contribution in [0, 0.1) is 11.6 Å². The van der Waals surface area contributed by atoms with E-state index in [1.54, 1.807) is 12.4 Å². The highest BCUT2D eigenvalue weighted by Gasteiger charge is 2.01. The molecule has 4 nitrogen and oxygen atoms in total. The first-order valence-corrected chi connectivity index (χ1v) is 4.24. The average Bonchev–Trinajstić information content (AvgIpc) is 2.53. The molecule has 0 amide bonds. The molecule has 5 heteroatoms. The molecule has 0 unspecified atom stereocenters. The summed E-state index contributed by atoms with van der Waals surface area (Å²) in [4.78, 5) is 14.3. The number of nitrogens with zero attached hydrogens (tertiary/aromatic N) is 2. The Morgan fingerprint density at radius 1 is 1.38 bits per heavy atom. The Bertz CT molecular complexity index is 457. The van der Waals surface area contributed by atoms with Crippen LogP contribution in [0.15, 0.2) is 18.5 Å². The van der Waals surface area contributed by atoms with E-state index in [-0.39, 0.29) is 0 Å². The Labute approximate surface area is 80.1 Å². The molecule has 0 aromatic carbocycles. The molecule has 0 spiro atoms. The summed E-state index contributed by atoms with van der Waals surface area (Å²) < 4.78 is 0.572. The van der Waals surface area contributed by atoms with Gasteiger partial charge in [-0.05, 0) is 13.0 Å². The average molecular weight is 192 g/mol. The Kier molecular flexibility index (Phi) is 1.94. The summed E-state index contributed by atoms with van der Waals surface area (Å²) in [5.74, 6) is 1.38. The first-order chi connectivity index (χ1) is 6.25. The predicted octanol–water partition coefficient (Wildman–Crippen LogP) is 1.84. The van der Waals surface area contributed by atoms with Crippen LogP contribution in [0.2, 0.25) is 0 Å². The quantitative estimate of drug-likeness (QED) is 0.678. The van der Waals surface area contributed by atoms with Crippen molar-refractivity contribution in [3.05, 3.63) is 28.8 Å². The van der Waals surface area contributed by atoms with Crippen LogP contribution in [0.1, 0.15) is 5.69 Å². The Hall–Kier alpha value is -1.49. The molecule has 2 rings (SSSR count). The first kappa shape index (κ1) is 8.12. The van der Waals surface area contributed by atoms with Crippen molar-refractivity contribution in [2.45, 2.75) is 6.92 Å². The standard InChI is InChI=1S/C8H8N4S/c1-5-4-6(13)12-8(11-5)7-9-2-3-10-7/h2-4H,1H3,(H,9,10)(H,11,12,13). The van der Waals surface area contributed by atoms with Crippen LogP contribution in [-0.4, -0.2) is 19.9 Å². The molecule has 0 aliphatic heterocycles. The molecule has 0 fully saturated rings. The fraction of sp³-hybridized carbons (Fsp3) is 0.125. The van der Waals surface area contributed by atoms with E-state index in [0.717, 1.165) is 5.69 Å². The number of H-pyrrole nitrogens is 2. The highest BCUT2D eigenvalue weighted by atomic mass is 32.1. The predicted molar refractivity (Wildman–Crippen MR) is 51.7 cm³/mol. The summed E-state index contributed by atoms with van der Waals surface area (Å²) in [6.45, 7) is 1.93. The van der Waals surface area contributed by atoms with Gasteiger partial charge in [-0.3, -0.25) is 0 Å². The molecular weight excluding hydrogens is 184 g/mol. The summed E-state index contributed by atoms with van der Waals surface area (Å²) in [6, 6.07) is 1.81. The molecule has 0 atom stereocenters. The highest BCUT2D eigenvalue weighted by Crippen LogP contribution is 2.08. The second-order valence-electron chi connectivity index (χ2n) is 2.69. The van der Waals surface area contributed by atoms with Gasteiger partial charge in [0.05, 0.1) is 0 Å². The van der Waals surface area contributed by atoms with Gasteiger partial charge in [-0.1, -0.05) is 12.2 Å². The van der Waals surface area contributed by atoms with Gasteiger partial charge in [0, 0.05) is 18.1 Å². The van der Waals surface area contributed by atoms with Crippen molar-refractivity contribution in [3.63, 3.8) is 0 Å². The first-order valence-electron chi connectivity index (χ1n) is 3.83. The van der Waals surface area contributed by atoms with E-state index in [9.17, 15) is 0 Å². The normalized spacial score (nSPS) is 10.2. The molecule has 0 saturated heterocycles. The monoisotopic (exact) mass is 192 g/mol. The Morgan fingerprint density at radius 2 is 2.23 bits per heavy atom. The fourth-order valence-corrected chi connectivity index (χ4v) is 1.35. The van der Waals surface area contributed by atoms with E-state index in [4.69, 9.17) is 12.2 Å². The number of hydrogen-bond acceptors (Lipinski definition) is 3. The molecule has 2 N–H and O–H groups in total. The minimum Gasteiger partial charge on any atom is -0.342 e. The SMILES string of the molecule is Cc1cc(=S)nc(-c2ncc[nH]2)[nH]1. The topological polar surface area (TPSA) is 57.4 Å². The Balaban J connectivity index is 2.59. The van der Waals surface area contributed by atoms with Crippen LogP contribution >= 0.6 is 12.2 Å². The van der Waals surface area contributed by atoms with Gasteiger partial charge in [0.15, 0.2) is 11.6 Å². The zero-order chi connectivity index (χ0) is 9.26. The van der Waals surface area contributed by atoms with Crippen LogP contribution in [0.4, 0.5) is 0 Å². The van der Waals surface area contributed by atoms with Gasteiger partial charge >= 0.3 is 0 Å². The van der Waals surface area contributed by atoms with E-state index in [1.807, 2.05) is 13.0 Å². The third-order valence-corrected chi connectivity index (χ3v) is 1.81. The van der Waals surface area contributed by atoms with Crippen LogP contribution in [0.5, 0.6) is 0 Å². The molecule has 2 aromatic heterocycles. The molecule has 66 valence electrons. The molecule has 2 heterocycles. The van der Waals surface area contributed by atoms with Crippen molar-refractivity contribution in [3.8, 4) is 11.6 Å². The van der Waals surface area contributed by atoms with Crippen LogP contribution < -0.4 is 0 Å². The number of imidazole rings is 1. The van der Waals surface area contributed by atoms with Gasteiger partial charge in [-0.15, -0.1) is 0 Å². The molecule has 0 aliphatic rings. The number of aromatic nitrogens is 4. The maximum atomic E-state index is 4.99. The van der Waals surface area contributed by atoms with E-state index in [1.165, 1.54) is 0 Å². The summed E-state index contributed by atoms with van der Waals surface area (Å²) in [5, 5.41) is 0. The van der Waals surface area contributed by atoms with Gasteiger partial charge in [0.1, 0.15) is 4.64 Å². The van der Waals surface area contributed by atoms with Crippen molar-refractivity contribution in [1.82, 2.24) is 19.9 Å². The minimum atomic E-state index is 0.572. The van der Waals surface area contributed by atoms with Crippen molar-refractivity contribution < 1.29 is 0 Å². The van der Waals surface area contributed by atoms with Crippen LogP contribution in [0.25, 0.3) is 11.6 Å². The molecule has 2 aromatic rings. The van der Waals surface area contributed by atoms with Crippen molar-refractivity contribution in [2.75, 3.05) is 0 Å². The van der Waals surface area contributed by atoms with Gasteiger partial charge in [-0.2, -0.15) is 0 Å². The number of aromatic amines is 2. The van der Waals surface area contributed by atoms with Crippen LogP contribution in [0.3, 0.4) is 0 Å². The molecular formula is C8H8N4S. The van der Waals surface area contributed by atoms with Gasteiger partial charge in [0.25, 0.3) is 0 Å². The summed E-state index contributed by atoms with van der Waals surface area (Å²) in [7, 11) is 0.